The number of aryl methyl sites for hydroxylation is 1. The van der Waals surface area contributed by atoms with Crippen molar-refractivity contribution in [3.63, 3.8) is 0 Å². The average Bonchev–Trinajstić information content (AvgIpc) is 2.29. The number of rotatable bonds is 7. The maximum Gasteiger partial charge on any atom is 0.0573 e. The number of hydrogen-bond donors (Lipinski definition) is 1. The lowest BCUT2D eigenvalue weighted by atomic mass is 10.1. The van der Waals surface area contributed by atoms with Crippen LogP contribution in [0.2, 0.25) is 0 Å². The molecule has 16 heavy (non-hydrogen) atoms. The Bertz CT molecular complexity index is 295. The Morgan fingerprint density at radius 2 is 2.19 bits per heavy atom. The van der Waals surface area contributed by atoms with Crippen molar-refractivity contribution in [3.05, 3.63) is 29.6 Å². The van der Waals surface area contributed by atoms with E-state index in [0.29, 0.717) is 0 Å². The van der Waals surface area contributed by atoms with Crippen molar-refractivity contribution in [3.8, 4) is 0 Å². The molecular weight excluding hydrogens is 196 g/mol. The summed E-state index contributed by atoms with van der Waals surface area (Å²) < 4.78 is 0. The molecule has 2 heteroatoms. The van der Waals surface area contributed by atoms with Crippen molar-refractivity contribution in [1.82, 2.24) is 10.3 Å². The first kappa shape index (κ1) is 13.2. The van der Waals surface area contributed by atoms with E-state index >= 15 is 0 Å². The van der Waals surface area contributed by atoms with Crippen LogP contribution in [0.1, 0.15) is 44.9 Å². The van der Waals surface area contributed by atoms with Gasteiger partial charge in [-0.1, -0.05) is 26.8 Å². The van der Waals surface area contributed by atoms with Crippen LogP contribution in [0.25, 0.3) is 0 Å². The third-order valence-corrected chi connectivity index (χ3v) is 2.79. The highest BCUT2D eigenvalue weighted by atomic mass is 14.9. The predicted octanol–water partition coefficient (Wildman–Crippen LogP) is 3.17. The van der Waals surface area contributed by atoms with Crippen LogP contribution in [0, 0.1) is 5.92 Å². The Labute approximate surface area is 99.5 Å². The summed E-state index contributed by atoms with van der Waals surface area (Å²) in [6.07, 6.45) is 5.50. The lowest BCUT2D eigenvalue weighted by Crippen LogP contribution is -2.17. The van der Waals surface area contributed by atoms with E-state index in [4.69, 9.17) is 0 Å². The molecule has 1 rings (SSSR count). The Kier molecular flexibility index (Phi) is 6.09. The summed E-state index contributed by atoms with van der Waals surface area (Å²) in [6, 6.07) is 4.18. The zero-order chi connectivity index (χ0) is 11.8. The molecule has 0 atom stereocenters. The fraction of sp³-hybridized carbons (Fsp3) is 0.643. The average molecular weight is 220 g/mol. The molecule has 0 spiro atoms. The molecule has 0 unspecified atom stereocenters. The van der Waals surface area contributed by atoms with Crippen LogP contribution in [0.4, 0.5) is 0 Å². The zero-order valence-electron chi connectivity index (χ0n) is 10.8. The van der Waals surface area contributed by atoms with Gasteiger partial charge in [0.2, 0.25) is 0 Å². The molecular formula is C14H24N2. The first-order chi connectivity index (χ1) is 7.74. The summed E-state index contributed by atoms with van der Waals surface area (Å²) in [5.74, 6) is 0.808. The minimum Gasteiger partial charge on any atom is -0.311 e. The summed E-state index contributed by atoms with van der Waals surface area (Å²) in [4.78, 5) is 4.42. The fourth-order valence-electron chi connectivity index (χ4n) is 1.79. The number of pyridine rings is 1. The van der Waals surface area contributed by atoms with E-state index in [1.807, 2.05) is 12.3 Å². The lowest BCUT2D eigenvalue weighted by molar-refractivity contribution is 0.525. The van der Waals surface area contributed by atoms with Crippen LogP contribution in [-0.4, -0.2) is 11.5 Å². The monoisotopic (exact) mass is 220 g/mol. The third kappa shape index (κ3) is 4.75. The second-order valence-corrected chi connectivity index (χ2v) is 4.68. The van der Waals surface area contributed by atoms with Gasteiger partial charge in [0.05, 0.1) is 5.69 Å². The van der Waals surface area contributed by atoms with Gasteiger partial charge in [0.15, 0.2) is 0 Å². The van der Waals surface area contributed by atoms with Gasteiger partial charge in [0.25, 0.3) is 0 Å². The minimum atomic E-state index is 0.808. The van der Waals surface area contributed by atoms with Crippen molar-refractivity contribution in [1.29, 1.82) is 0 Å². The molecule has 0 radical (unpaired) electrons. The molecule has 1 aromatic heterocycles. The minimum absolute atomic E-state index is 0.808. The van der Waals surface area contributed by atoms with E-state index in [-0.39, 0.29) is 0 Å². The standard InChI is InChI=1S/C14H24N2/c1-4-13-8-6-10-16-14(13)11-15-9-5-7-12(2)3/h6,8,10,12,15H,4-5,7,9,11H2,1-3H3. The normalized spacial score (nSPS) is 11.0. The summed E-state index contributed by atoms with van der Waals surface area (Å²) in [5.41, 5.74) is 2.56. The lowest BCUT2D eigenvalue weighted by Gasteiger charge is -2.08. The fourth-order valence-corrected chi connectivity index (χ4v) is 1.79. The summed E-state index contributed by atoms with van der Waals surface area (Å²) in [7, 11) is 0. The third-order valence-electron chi connectivity index (χ3n) is 2.79. The molecule has 90 valence electrons. The second kappa shape index (κ2) is 7.39. The van der Waals surface area contributed by atoms with Crippen LogP contribution in [0.15, 0.2) is 18.3 Å². The number of nitrogens with one attached hydrogen (secondary N) is 1. The highest BCUT2D eigenvalue weighted by Crippen LogP contribution is 2.06. The molecule has 0 aromatic carbocycles. The Balaban J connectivity index is 2.26. The van der Waals surface area contributed by atoms with Crippen LogP contribution in [0.3, 0.4) is 0 Å². The molecule has 1 heterocycles. The molecule has 1 N–H and O–H groups in total. The Morgan fingerprint density at radius 3 is 2.88 bits per heavy atom. The van der Waals surface area contributed by atoms with Crippen molar-refractivity contribution in [2.24, 2.45) is 5.92 Å². The smallest absolute Gasteiger partial charge is 0.0573 e. The molecule has 1 aromatic rings. The first-order valence-electron chi connectivity index (χ1n) is 6.37. The van der Waals surface area contributed by atoms with Crippen molar-refractivity contribution in [2.75, 3.05) is 6.54 Å². The van der Waals surface area contributed by atoms with E-state index in [1.54, 1.807) is 0 Å². The summed E-state index contributed by atoms with van der Waals surface area (Å²) >= 11 is 0. The maximum absolute atomic E-state index is 4.42. The highest BCUT2D eigenvalue weighted by Gasteiger charge is 2.00. The molecule has 2 nitrogen and oxygen atoms in total. The molecule has 0 aliphatic carbocycles. The van der Waals surface area contributed by atoms with E-state index in [9.17, 15) is 0 Å². The van der Waals surface area contributed by atoms with Gasteiger partial charge in [0.1, 0.15) is 0 Å². The topological polar surface area (TPSA) is 24.9 Å². The van der Waals surface area contributed by atoms with Gasteiger partial charge >= 0.3 is 0 Å². The van der Waals surface area contributed by atoms with Gasteiger partial charge in [-0.3, -0.25) is 4.98 Å². The van der Waals surface area contributed by atoms with Gasteiger partial charge in [-0.2, -0.15) is 0 Å². The van der Waals surface area contributed by atoms with E-state index in [0.717, 1.165) is 25.4 Å². The van der Waals surface area contributed by atoms with Crippen molar-refractivity contribution < 1.29 is 0 Å². The van der Waals surface area contributed by atoms with Crippen LogP contribution >= 0.6 is 0 Å². The number of hydrogen-bond acceptors (Lipinski definition) is 2. The number of aromatic nitrogens is 1. The largest absolute Gasteiger partial charge is 0.311 e. The van der Waals surface area contributed by atoms with Gasteiger partial charge in [-0.15, -0.1) is 0 Å². The van der Waals surface area contributed by atoms with E-state index in [1.165, 1.54) is 24.1 Å². The van der Waals surface area contributed by atoms with Gasteiger partial charge in [-0.25, -0.2) is 0 Å². The van der Waals surface area contributed by atoms with Crippen LogP contribution in [-0.2, 0) is 13.0 Å². The van der Waals surface area contributed by atoms with Gasteiger partial charge < -0.3 is 5.32 Å². The zero-order valence-corrected chi connectivity index (χ0v) is 10.8. The van der Waals surface area contributed by atoms with Crippen LogP contribution < -0.4 is 5.32 Å². The van der Waals surface area contributed by atoms with Gasteiger partial charge in [-0.05, 0) is 43.4 Å². The molecule has 0 bridgehead atoms. The number of nitrogens with zero attached hydrogens (tertiary/aromatic N) is 1. The van der Waals surface area contributed by atoms with Crippen LogP contribution in [0.5, 0.6) is 0 Å². The summed E-state index contributed by atoms with van der Waals surface area (Å²) in [6.45, 7) is 8.72. The van der Waals surface area contributed by atoms with Crippen molar-refractivity contribution in [2.45, 2.75) is 46.6 Å². The Morgan fingerprint density at radius 1 is 1.38 bits per heavy atom. The molecule has 0 saturated heterocycles. The first-order valence-corrected chi connectivity index (χ1v) is 6.37. The molecule has 0 fully saturated rings. The predicted molar refractivity (Wildman–Crippen MR) is 69.4 cm³/mol. The van der Waals surface area contributed by atoms with Crippen molar-refractivity contribution >= 4 is 0 Å². The summed E-state index contributed by atoms with van der Waals surface area (Å²) in [5, 5.41) is 3.47. The maximum atomic E-state index is 4.42. The van der Waals surface area contributed by atoms with E-state index < -0.39 is 0 Å². The second-order valence-electron chi connectivity index (χ2n) is 4.68. The molecule has 0 amide bonds. The SMILES string of the molecule is CCc1cccnc1CNCCCC(C)C. The quantitative estimate of drug-likeness (QED) is 0.714. The molecule has 0 saturated carbocycles. The highest BCUT2D eigenvalue weighted by molar-refractivity contribution is 5.19. The van der Waals surface area contributed by atoms with E-state index in [2.05, 4.69) is 37.1 Å². The molecule has 0 aliphatic heterocycles. The van der Waals surface area contributed by atoms with Gasteiger partial charge in [0, 0.05) is 12.7 Å². The molecule has 0 aliphatic rings. The Hall–Kier alpha value is -0.890.